The number of hydrogen-bond donors (Lipinski definition) is 3. The Morgan fingerprint density at radius 1 is 1.06 bits per heavy atom. The van der Waals surface area contributed by atoms with Crippen LogP contribution in [0.2, 0.25) is 0 Å². The number of aliphatic carboxylic acids is 1. The standard InChI is InChI=1S/C26H27N3O5S/c1-16(10-23(30)27-13-24-29-17(15-35-24)11-25(31)32)12-28-26(33)34-14-22-20-8-4-2-6-18(20)19-7-3-5-9-21(19)22/h2-9,15-16,22H,10-14H2,1H3,(H,27,30)(H,28,33)(H,31,32). The molecule has 1 aliphatic rings. The molecule has 3 aromatic rings. The number of carbonyl (C=O) groups excluding carboxylic acids is 2. The number of carbonyl (C=O) groups is 3. The molecular formula is C26H27N3O5S. The van der Waals surface area contributed by atoms with E-state index in [1.54, 1.807) is 5.38 Å². The van der Waals surface area contributed by atoms with Gasteiger partial charge >= 0.3 is 12.1 Å². The van der Waals surface area contributed by atoms with Gasteiger partial charge < -0.3 is 20.5 Å². The molecule has 2 aromatic carbocycles. The van der Waals surface area contributed by atoms with E-state index in [-0.39, 0.29) is 43.7 Å². The molecule has 0 bridgehead atoms. The molecule has 2 amide bonds. The second kappa shape index (κ2) is 11.1. The number of nitrogens with one attached hydrogen (secondary N) is 2. The summed E-state index contributed by atoms with van der Waals surface area (Å²) in [6, 6.07) is 16.3. The number of carboxylic acids is 1. The highest BCUT2D eigenvalue weighted by Crippen LogP contribution is 2.44. The van der Waals surface area contributed by atoms with Crippen LogP contribution in [-0.4, -0.2) is 41.2 Å². The van der Waals surface area contributed by atoms with Crippen LogP contribution in [0.15, 0.2) is 53.9 Å². The molecule has 1 heterocycles. The third kappa shape index (κ3) is 6.24. The largest absolute Gasteiger partial charge is 0.481 e. The molecule has 1 atom stereocenters. The molecule has 9 heteroatoms. The maximum atomic E-state index is 12.3. The minimum atomic E-state index is -0.941. The van der Waals surface area contributed by atoms with Crippen molar-refractivity contribution in [3.63, 3.8) is 0 Å². The monoisotopic (exact) mass is 493 g/mol. The molecular weight excluding hydrogens is 466 g/mol. The lowest BCUT2D eigenvalue weighted by Gasteiger charge is -2.16. The Kier molecular flexibility index (Phi) is 7.77. The minimum Gasteiger partial charge on any atom is -0.481 e. The van der Waals surface area contributed by atoms with E-state index in [0.717, 1.165) is 11.1 Å². The predicted molar refractivity (Wildman–Crippen MR) is 132 cm³/mol. The molecule has 1 aromatic heterocycles. The summed E-state index contributed by atoms with van der Waals surface area (Å²) in [7, 11) is 0. The second-order valence-corrected chi connectivity index (χ2v) is 9.54. The topological polar surface area (TPSA) is 118 Å². The zero-order valence-electron chi connectivity index (χ0n) is 19.3. The number of ether oxygens (including phenoxy) is 1. The summed E-state index contributed by atoms with van der Waals surface area (Å²) >= 11 is 1.31. The number of hydrogen-bond acceptors (Lipinski definition) is 6. The summed E-state index contributed by atoms with van der Waals surface area (Å²) in [5.41, 5.74) is 5.14. The first kappa shape index (κ1) is 24.4. The normalized spacial score (nSPS) is 12.9. The Labute approximate surface area is 207 Å². The fourth-order valence-corrected chi connectivity index (χ4v) is 4.94. The number of aromatic nitrogens is 1. The predicted octanol–water partition coefficient (Wildman–Crippen LogP) is 3.95. The van der Waals surface area contributed by atoms with Crippen molar-refractivity contribution >= 4 is 29.3 Å². The third-order valence-electron chi connectivity index (χ3n) is 5.84. The summed E-state index contributed by atoms with van der Waals surface area (Å²) in [6.45, 7) is 2.67. The van der Waals surface area contributed by atoms with Gasteiger partial charge in [-0.3, -0.25) is 9.59 Å². The van der Waals surface area contributed by atoms with E-state index in [2.05, 4.69) is 39.9 Å². The van der Waals surface area contributed by atoms with Gasteiger partial charge in [0.2, 0.25) is 5.91 Å². The lowest BCUT2D eigenvalue weighted by atomic mass is 9.98. The van der Waals surface area contributed by atoms with E-state index in [1.165, 1.54) is 22.5 Å². The van der Waals surface area contributed by atoms with Crippen molar-refractivity contribution in [3.05, 3.63) is 75.7 Å². The second-order valence-electron chi connectivity index (χ2n) is 8.60. The Hall–Kier alpha value is -3.72. The van der Waals surface area contributed by atoms with Gasteiger partial charge in [0.15, 0.2) is 0 Å². The minimum absolute atomic E-state index is 0.00164. The molecule has 0 saturated carbocycles. The average molecular weight is 494 g/mol. The van der Waals surface area contributed by atoms with Crippen LogP contribution < -0.4 is 10.6 Å². The van der Waals surface area contributed by atoms with Crippen molar-refractivity contribution in [2.45, 2.75) is 32.2 Å². The highest BCUT2D eigenvalue weighted by atomic mass is 32.1. The zero-order valence-corrected chi connectivity index (χ0v) is 20.1. The van der Waals surface area contributed by atoms with Gasteiger partial charge in [0.1, 0.15) is 11.6 Å². The maximum absolute atomic E-state index is 12.3. The summed E-state index contributed by atoms with van der Waals surface area (Å²) in [5, 5.41) is 16.7. The van der Waals surface area contributed by atoms with Crippen LogP contribution in [0, 0.1) is 5.92 Å². The van der Waals surface area contributed by atoms with Gasteiger partial charge in [-0.1, -0.05) is 55.5 Å². The van der Waals surface area contributed by atoms with Crippen LogP contribution in [0.25, 0.3) is 11.1 Å². The number of alkyl carbamates (subject to hydrolysis) is 1. The highest BCUT2D eigenvalue weighted by Gasteiger charge is 2.29. The molecule has 4 rings (SSSR count). The summed E-state index contributed by atoms with van der Waals surface area (Å²) in [6.07, 6.45) is -0.409. The van der Waals surface area contributed by atoms with E-state index in [9.17, 15) is 14.4 Å². The van der Waals surface area contributed by atoms with Gasteiger partial charge in [-0.15, -0.1) is 11.3 Å². The van der Waals surface area contributed by atoms with Crippen molar-refractivity contribution in [2.75, 3.05) is 13.2 Å². The van der Waals surface area contributed by atoms with E-state index in [4.69, 9.17) is 9.84 Å². The van der Waals surface area contributed by atoms with Crippen molar-refractivity contribution in [3.8, 4) is 11.1 Å². The Bertz CT molecular complexity index is 1180. The van der Waals surface area contributed by atoms with Crippen molar-refractivity contribution < 1.29 is 24.2 Å². The first-order valence-electron chi connectivity index (χ1n) is 11.4. The van der Waals surface area contributed by atoms with E-state index < -0.39 is 12.1 Å². The van der Waals surface area contributed by atoms with Gasteiger partial charge in [-0.05, 0) is 28.2 Å². The van der Waals surface area contributed by atoms with Crippen LogP contribution in [0.1, 0.15) is 41.1 Å². The number of amides is 2. The van der Waals surface area contributed by atoms with E-state index in [1.807, 2.05) is 31.2 Å². The smallest absolute Gasteiger partial charge is 0.407 e. The Morgan fingerprint density at radius 2 is 1.71 bits per heavy atom. The molecule has 0 saturated heterocycles. The van der Waals surface area contributed by atoms with Gasteiger partial charge in [0.25, 0.3) is 0 Å². The number of thiazole rings is 1. The molecule has 1 unspecified atom stereocenters. The fraction of sp³-hybridized carbons (Fsp3) is 0.308. The van der Waals surface area contributed by atoms with Crippen LogP contribution in [0.3, 0.4) is 0 Å². The molecule has 182 valence electrons. The summed E-state index contributed by atoms with van der Waals surface area (Å²) in [5.74, 6) is -1.20. The van der Waals surface area contributed by atoms with Gasteiger partial charge in [0.05, 0.1) is 18.7 Å². The van der Waals surface area contributed by atoms with Crippen molar-refractivity contribution in [1.29, 1.82) is 0 Å². The van der Waals surface area contributed by atoms with Gasteiger partial charge in [-0.2, -0.15) is 0 Å². The SMILES string of the molecule is CC(CNC(=O)OCC1c2ccccc2-c2ccccc21)CC(=O)NCc1nc(CC(=O)O)cs1. The Morgan fingerprint density at radius 3 is 2.37 bits per heavy atom. The lowest BCUT2D eigenvalue weighted by Crippen LogP contribution is -2.32. The quantitative estimate of drug-likeness (QED) is 0.394. The van der Waals surface area contributed by atoms with Crippen LogP contribution in [0.5, 0.6) is 0 Å². The third-order valence-corrected chi connectivity index (χ3v) is 6.74. The first-order chi connectivity index (χ1) is 16.9. The summed E-state index contributed by atoms with van der Waals surface area (Å²) < 4.78 is 5.53. The van der Waals surface area contributed by atoms with Gasteiger partial charge in [0, 0.05) is 24.3 Å². The van der Waals surface area contributed by atoms with Crippen molar-refractivity contribution in [1.82, 2.24) is 15.6 Å². The maximum Gasteiger partial charge on any atom is 0.407 e. The number of carboxylic acid groups (broad SMARTS) is 1. The zero-order chi connectivity index (χ0) is 24.8. The summed E-state index contributed by atoms with van der Waals surface area (Å²) in [4.78, 5) is 39.5. The number of nitrogens with zero attached hydrogens (tertiary/aromatic N) is 1. The van der Waals surface area contributed by atoms with Gasteiger partial charge in [-0.25, -0.2) is 9.78 Å². The van der Waals surface area contributed by atoms with Crippen LogP contribution in [-0.2, 0) is 27.3 Å². The van der Waals surface area contributed by atoms with E-state index in [0.29, 0.717) is 17.2 Å². The molecule has 35 heavy (non-hydrogen) atoms. The molecule has 0 radical (unpaired) electrons. The Balaban J connectivity index is 1.19. The van der Waals surface area contributed by atoms with Crippen LogP contribution in [0.4, 0.5) is 4.79 Å². The molecule has 1 aliphatic carbocycles. The fourth-order valence-electron chi connectivity index (χ4n) is 4.21. The average Bonchev–Trinajstić information content (AvgIpc) is 3.41. The highest BCUT2D eigenvalue weighted by molar-refractivity contribution is 7.09. The molecule has 0 spiro atoms. The number of benzene rings is 2. The van der Waals surface area contributed by atoms with E-state index >= 15 is 0 Å². The molecule has 3 N–H and O–H groups in total. The molecule has 0 fully saturated rings. The van der Waals surface area contributed by atoms with Crippen molar-refractivity contribution in [2.24, 2.45) is 5.92 Å². The molecule has 0 aliphatic heterocycles. The first-order valence-corrected chi connectivity index (χ1v) is 12.3. The molecule has 8 nitrogen and oxygen atoms in total. The number of fused-ring (bicyclic) bond motifs is 3. The number of rotatable bonds is 10. The van der Waals surface area contributed by atoms with Crippen LogP contribution >= 0.6 is 11.3 Å². The lowest BCUT2D eigenvalue weighted by molar-refractivity contribution is -0.136.